The molecule has 3 aromatic rings. The second-order valence-corrected chi connectivity index (χ2v) is 6.21. The standard InChI is InChI=1S/C19H12Cl2N4O/c20-15-3-1-12(2-4-15)18-14(11-23-25-18)9-13(10-22)19(26)24-17-7-5-16(21)6-8-17/h1-9,11H,(H,23,25)(H,24,26)/b13-9+. The van der Waals surface area contributed by atoms with Crippen molar-refractivity contribution in [2.45, 2.75) is 0 Å². The Bertz CT molecular complexity index is 999. The molecule has 2 N–H and O–H groups in total. The average molecular weight is 383 g/mol. The summed E-state index contributed by atoms with van der Waals surface area (Å²) in [5, 5.41) is 20.1. The molecule has 0 unspecified atom stereocenters. The van der Waals surface area contributed by atoms with Gasteiger partial charge in [0, 0.05) is 26.9 Å². The summed E-state index contributed by atoms with van der Waals surface area (Å²) in [7, 11) is 0. The lowest BCUT2D eigenvalue weighted by Crippen LogP contribution is -2.13. The molecule has 1 aromatic heterocycles. The Kier molecular flexibility index (Phi) is 5.37. The fourth-order valence-corrected chi connectivity index (χ4v) is 2.54. The fraction of sp³-hybridized carbons (Fsp3) is 0. The molecule has 7 heteroatoms. The van der Waals surface area contributed by atoms with Crippen LogP contribution in [0.2, 0.25) is 10.0 Å². The van der Waals surface area contributed by atoms with Gasteiger partial charge in [0.2, 0.25) is 0 Å². The van der Waals surface area contributed by atoms with Crippen molar-refractivity contribution in [1.29, 1.82) is 5.26 Å². The lowest BCUT2D eigenvalue weighted by molar-refractivity contribution is -0.112. The molecule has 0 radical (unpaired) electrons. The van der Waals surface area contributed by atoms with Gasteiger partial charge < -0.3 is 5.32 Å². The van der Waals surface area contributed by atoms with Crippen molar-refractivity contribution in [3.8, 4) is 17.3 Å². The largest absolute Gasteiger partial charge is 0.321 e. The SMILES string of the molecule is N#C/C(=C\c1cn[nH]c1-c1ccc(Cl)cc1)C(=O)Nc1ccc(Cl)cc1. The number of aromatic amines is 1. The molecule has 0 saturated heterocycles. The molecule has 0 atom stereocenters. The molecule has 0 spiro atoms. The van der Waals surface area contributed by atoms with Crippen LogP contribution >= 0.6 is 23.2 Å². The van der Waals surface area contributed by atoms with E-state index < -0.39 is 5.91 Å². The highest BCUT2D eigenvalue weighted by Crippen LogP contribution is 2.25. The molecule has 0 aliphatic heterocycles. The highest BCUT2D eigenvalue weighted by molar-refractivity contribution is 6.31. The van der Waals surface area contributed by atoms with Crippen molar-refractivity contribution >= 4 is 40.9 Å². The molecule has 3 rings (SSSR count). The number of aromatic nitrogens is 2. The molecular formula is C19H12Cl2N4O. The van der Waals surface area contributed by atoms with Gasteiger partial charge in [-0.05, 0) is 42.5 Å². The Morgan fingerprint density at radius 2 is 1.69 bits per heavy atom. The molecule has 26 heavy (non-hydrogen) atoms. The number of nitrogens with one attached hydrogen (secondary N) is 2. The monoisotopic (exact) mass is 382 g/mol. The van der Waals surface area contributed by atoms with Crippen molar-refractivity contribution in [2.24, 2.45) is 0 Å². The summed E-state index contributed by atoms with van der Waals surface area (Å²) in [6, 6.07) is 15.7. The number of halogens is 2. The molecule has 128 valence electrons. The maximum atomic E-state index is 12.4. The van der Waals surface area contributed by atoms with E-state index in [2.05, 4.69) is 15.5 Å². The minimum Gasteiger partial charge on any atom is -0.321 e. The van der Waals surface area contributed by atoms with E-state index in [0.29, 0.717) is 27.0 Å². The van der Waals surface area contributed by atoms with Crippen molar-refractivity contribution in [3.63, 3.8) is 0 Å². The summed E-state index contributed by atoms with van der Waals surface area (Å²) < 4.78 is 0. The zero-order valence-electron chi connectivity index (χ0n) is 13.3. The highest BCUT2D eigenvalue weighted by Gasteiger charge is 2.13. The third-order valence-electron chi connectivity index (χ3n) is 3.57. The van der Waals surface area contributed by atoms with Gasteiger partial charge in [-0.15, -0.1) is 0 Å². The Balaban J connectivity index is 1.87. The van der Waals surface area contributed by atoms with Crippen molar-refractivity contribution in [1.82, 2.24) is 10.2 Å². The first-order chi connectivity index (χ1) is 12.6. The number of amides is 1. The van der Waals surface area contributed by atoms with Crippen LogP contribution in [-0.4, -0.2) is 16.1 Å². The third kappa shape index (κ3) is 4.12. The Labute approximate surface area is 159 Å². The lowest BCUT2D eigenvalue weighted by Gasteiger charge is -2.05. The van der Waals surface area contributed by atoms with E-state index in [9.17, 15) is 10.1 Å². The molecule has 0 aliphatic carbocycles. The van der Waals surface area contributed by atoms with E-state index in [1.54, 1.807) is 42.6 Å². The van der Waals surface area contributed by atoms with Crippen LogP contribution in [0.5, 0.6) is 0 Å². The van der Waals surface area contributed by atoms with E-state index in [0.717, 1.165) is 5.56 Å². The first-order valence-corrected chi connectivity index (χ1v) is 8.30. The van der Waals surface area contributed by atoms with Gasteiger partial charge in [-0.2, -0.15) is 10.4 Å². The smallest absolute Gasteiger partial charge is 0.266 e. The minimum absolute atomic E-state index is 0.0448. The Hall–Kier alpha value is -3.07. The number of hydrogen-bond acceptors (Lipinski definition) is 3. The summed E-state index contributed by atoms with van der Waals surface area (Å²) in [6.45, 7) is 0. The molecule has 2 aromatic carbocycles. The van der Waals surface area contributed by atoms with Crippen LogP contribution in [0.15, 0.2) is 60.3 Å². The van der Waals surface area contributed by atoms with Gasteiger partial charge in [0.05, 0.1) is 11.9 Å². The number of rotatable bonds is 4. The number of nitrogens with zero attached hydrogens (tertiary/aromatic N) is 2. The quantitative estimate of drug-likeness (QED) is 0.495. The van der Waals surface area contributed by atoms with Gasteiger partial charge in [0.15, 0.2) is 0 Å². The van der Waals surface area contributed by atoms with E-state index in [1.807, 2.05) is 18.2 Å². The minimum atomic E-state index is -0.516. The Morgan fingerprint density at radius 3 is 2.31 bits per heavy atom. The highest BCUT2D eigenvalue weighted by atomic mass is 35.5. The maximum Gasteiger partial charge on any atom is 0.266 e. The third-order valence-corrected chi connectivity index (χ3v) is 4.07. The summed E-state index contributed by atoms with van der Waals surface area (Å²) in [6.07, 6.45) is 3.04. The zero-order valence-corrected chi connectivity index (χ0v) is 14.8. The number of carbonyl (C=O) groups excluding carboxylic acids is 1. The van der Waals surface area contributed by atoms with E-state index in [1.165, 1.54) is 6.08 Å². The molecule has 1 amide bonds. The molecule has 1 heterocycles. The van der Waals surface area contributed by atoms with Gasteiger partial charge in [-0.1, -0.05) is 35.3 Å². The normalized spacial score (nSPS) is 11.0. The Morgan fingerprint density at radius 1 is 1.08 bits per heavy atom. The summed E-state index contributed by atoms with van der Waals surface area (Å²) >= 11 is 11.7. The van der Waals surface area contributed by atoms with Crippen LogP contribution in [0.4, 0.5) is 5.69 Å². The topological polar surface area (TPSA) is 81.6 Å². The number of carbonyl (C=O) groups is 1. The van der Waals surface area contributed by atoms with Gasteiger partial charge in [-0.3, -0.25) is 9.89 Å². The second-order valence-electron chi connectivity index (χ2n) is 5.34. The summed E-state index contributed by atoms with van der Waals surface area (Å²) in [5.74, 6) is -0.516. The van der Waals surface area contributed by atoms with Crippen molar-refractivity contribution in [2.75, 3.05) is 5.32 Å². The van der Waals surface area contributed by atoms with Crippen LogP contribution in [0.3, 0.4) is 0 Å². The number of hydrogen-bond donors (Lipinski definition) is 2. The molecular weight excluding hydrogens is 371 g/mol. The maximum absolute atomic E-state index is 12.4. The number of benzene rings is 2. The molecule has 0 fully saturated rings. The van der Waals surface area contributed by atoms with Crippen molar-refractivity contribution in [3.05, 3.63) is 75.9 Å². The number of H-pyrrole nitrogens is 1. The molecule has 0 bridgehead atoms. The van der Waals surface area contributed by atoms with Crippen molar-refractivity contribution < 1.29 is 4.79 Å². The lowest BCUT2D eigenvalue weighted by atomic mass is 10.1. The van der Waals surface area contributed by atoms with Crippen LogP contribution < -0.4 is 5.32 Å². The van der Waals surface area contributed by atoms with Crippen LogP contribution in [0.1, 0.15) is 5.56 Å². The summed E-state index contributed by atoms with van der Waals surface area (Å²) in [5.41, 5.74) is 2.65. The van der Waals surface area contributed by atoms with Crippen LogP contribution in [0, 0.1) is 11.3 Å². The van der Waals surface area contributed by atoms with E-state index in [4.69, 9.17) is 23.2 Å². The van der Waals surface area contributed by atoms with Crippen LogP contribution in [-0.2, 0) is 4.79 Å². The molecule has 5 nitrogen and oxygen atoms in total. The number of nitriles is 1. The molecule has 0 aliphatic rings. The number of anilines is 1. The summed E-state index contributed by atoms with van der Waals surface area (Å²) in [4.78, 5) is 12.4. The van der Waals surface area contributed by atoms with Gasteiger partial charge in [-0.25, -0.2) is 0 Å². The predicted octanol–water partition coefficient (Wildman–Crippen LogP) is 4.93. The van der Waals surface area contributed by atoms with Gasteiger partial charge in [0.1, 0.15) is 11.6 Å². The predicted molar refractivity (Wildman–Crippen MR) is 103 cm³/mol. The van der Waals surface area contributed by atoms with E-state index >= 15 is 0 Å². The van der Waals surface area contributed by atoms with E-state index in [-0.39, 0.29) is 5.57 Å². The fourth-order valence-electron chi connectivity index (χ4n) is 2.29. The first-order valence-electron chi connectivity index (χ1n) is 7.55. The van der Waals surface area contributed by atoms with Gasteiger partial charge in [0.25, 0.3) is 5.91 Å². The molecule has 0 saturated carbocycles. The zero-order chi connectivity index (χ0) is 18.5. The first kappa shape index (κ1) is 17.7. The second kappa shape index (κ2) is 7.87. The van der Waals surface area contributed by atoms with Gasteiger partial charge >= 0.3 is 0 Å². The van der Waals surface area contributed by atoms with Crippen LogP contribution in [0.25, 0.3) is 17.3 Å². The average Bonchev–Trinajstić information content (AvgIpc) is 3.10.